The molecule has 3 aliphatic rings. The third-order valence-corrected chi connectivity index (χ3v) is 15.2. The smallest absolute Gasteiger partial charge is 0.0742 e. The third-order valence-electron chi connectivity index (χ3n) is 15.2. The van der Waals surface area contributed by atoms with Crippen molar-refractivity contribution in [2.75, 3.05) is 9.80 Å². The highest BCUT2D eigenvalue weighted by Crippen LogP contribution is 2.61. The molecular formula is C65H48N2. The fourth-order valence-electron chi connectivity index (χ4n) is 12.4. The van der Waals surface area contributed by atoms with Crippen molar-refractivity contribution in [3.05, 3.63) is 310 Å². The van der Waals surface area contributed by atoms with E-state index in [1.807, 2.05) is 0 Å². The van der Waals surface area contributed by atoms with E-state index >= 15 is 0 Å². The zero-order valence-corrected chi connectivity index (χ0v) is 37.6. The molecule has 2 heterocycles. The molecular weight excluding hydrogens is 809 g/mol. The van der Waals surface area contributed by atoms with Gasteiger partial charge >= 0.3 is 0 Å². The second-order valence-corrected chi connectivity index (χ2v) is 18.8. The summed E-state index contributed by atoms with van der Waals surface area (Å²) in [5, 5.41) is 0. The SMILES string of the molecule is CC1(C)c2cc(N3c4ccccc4C(c4ccccc4)(c4ccccc4)c4ccccc43)ccc2-c2ccc(N3c4ccccc4C(c4ccccc4)(c4ccccc4)c4ccccc43)cc21. The Kier molecular flexibility index (Phi) is 8.73. The minimum absolute atomic E-state index is 0.282. The van der Waals surface area contributed by atoms with Crippen LogP contribution in [-0.2, 0) is 16.2 Å². The Balaban J connectivity index is 0.957. The van der Waals surface area contributed by atoms with Crippen LogP contribution in [0.3, 0.4) is 0 Å². The Hall–Kier alpha value is -8.20. The quantitative estimate of drug-likeness (QED) is 0.164. The highest BCUT2D eigenvalue weighted by molar-refractivity contribution is 5.94. The van der Waals surface area contributed by atoms with Crippen LogP contribution in [0, 0.1) is 0 Å². The lowest BCUT2D eigenvalue weighted by atomic mass is 9.62. The molecule has 1 aliphatic carbocycles. The molecule has 0 atom stereocenters. The summed E-state index contributed by atoms with van der Waals surface area (Å²) < 4.78 is 0. The number of para-hydroxylation sites is 4. The van der Waals surface area contributed by atoms with Crippen molar-refractivity contribution in [2.45, 2.75) is 30.1 Å². The van der Waals surface area contributed by atoms with Crippen molar-refractivity contribution in [3.63, 3.8) is 0 Å². The molecule has 0 N–H and O–H groups in total. The topological polar surface area (TPSA) is 6.48 Å². The van der Waals surface area contributed by atoms with Crippen LogP contribution in [0.25, 0.3) is 11.1 Å². The van der Waals surface area contributed by atoms with Gasteiger partial charge in [-0.25, -0.2) is 0 Å². The molecule has 0 saturated carbocycles. The summed E-state index contributed by atoms with van der Waals surface area (Å²) in [7, 11) is 0. The molecule has 67 heavy (non-hydrogen) atoms. The van der Waals surface area contributed by atoms with E-state index in [0.717, 1.165) is 11.4 Å². The minimum atomic E-state index is -0.512. The predicted octanol–water partition coefficient (Wildman–Crippen LogP) is 16.3. The Morgan fingerprint density at radius 1 is 0.254 bits per heavy atom. The van der Waals surface area contributed by atoms with E-state index in [-0.39, 0.29) is 5.41 Å². The van der Waals surface area contributed by atoms with E-state index < -0.39 is 10.8 Å². The largest absolute Gasteiger partial charge is 0.310 e. The molecule has 0 aromatic heterocycles. The lowest BCUT2D eigenvalue weighted by Gasteiger charge is -2.46. The van der Waals surface area contributed by atoms with Crippen LogP contribution < -0.4 is 9.80 Å². The van der Waals surface area contributed by atoms with Gasteiger partial charge in [0.25, 0.3) is 0 Å². The van der Waals surface area contributed by atoms with Gasteiger partial charge in [-0.3, -0.25) is 0 Å². The summed E-state index contributed by atoms with van der Waals surface area (Å²) in [6.45, 7) is 4.82. The maximum atomic E-state index is 2.51. The summed E-state index contributed by atoms with van der Waals surface area (Å²) in [4.78, 5) is 5.01. The van der Waals surface area contributed by atoms with Crippen molar-refractivity contribution >= 4 is 34.1 Å². The monoisotopic (exact) mass is 856 g/mol. The van der Waals surface area contributed by atoms with E-state index in [0.29, 0.717) is 0 Å². The summed E-state index contributed by atoms with van der Waals surface area (Å²) >= 11 is 0. The number of anilines is 6. The van der Waals surface area contributed by atoms with E-state index in [4.69, 9.17) is 0 Å². The van der Waals surface area contributed by atoms with Crippen molar-refractivity contribution in [3.8, 4) is 11.1 Å². The predicted molar refractivity (Wildman–Crippen MR) is 277 cm³/mol. The average Bonchev–Trinajstić information content (AvgIpc) is 3.62. The molecule has 0 bridgehead atoms. The molecule has 0 fully saturated rings. The fourth-order valence-corrected chi connectivity index (χ4v) is 12.4. The van der Waals surface area contributed by atoms with Gasteiger partial charge in [0, 0.05) is 16.8 Å². The molecule has 2 aliphatic heterocycles. The molecule has 13 rings (SSSR count). The fraction of sp³-hybridized carbons (Fsp3) is 0.0769. The summed E-state index contributed by atoms with van der Waals surface area (Å²) in [6.07, 6.45) is 0. The number of rotatable bonds is 6. The first-order chi connectivity index (χ1) is 33.0. The summed E-state index contributed by atoms with van der Waals surface area (Å²) in [6, 6.07) is 94.8. The normalized spacial score (nSPS) is 15.3. The van der Waals surface area contributed by atoms with Gasteiger partial charge in [0.2, 0.25) is 0 Å². The summed E-state index contributed by atoms with van der Waals surface area (Å²) in [5.74, 6) is 0. The minimum Gasteiger partial charge on any atom is -0.310 e. The second-order valence-electron chi connectivity index (χ2n) is 18.8. The van der Waals surface area contributed by atoms with Gasteiger partial charge in [-0.15, -0.1) is 0 Å². The van der Waals surface area contributed by atoms with Crippen molar-refractivity contribution in [2.24, 2.45) is 0 Å². The first-order valence-corrected chi connectivity index (χ1v) is 23.5. The van der Waals surface area contributed by atoms with Gasteiger partial charge in [0.15, 0.2) is 0 Å². The van der Waals surface area contributed by atoms with Crippen LogP contribution in [0.5, 0.6) is 0 Å². The van der Waals surface area contributed by atoms with Gasteiger partial charge in [-0.1, -0.05) is 220 Å². The van der Waals surface area contributed by atoms with Gasteiger partial charge in [-0.05, 0) is 115 Å². The van der Waals surface area contributed by atoms with E-state index in [1.165, 1.54) is 89.5 Å². The lowest BCUT2D eigenvalue weighted by Crippen LogP contribution is -2.37. The summed E-state index contributed by atoms with van der Waals surface area (Å²) in [5.41, 5.74) is 21.1. The standard InChI is InChI=1S/C65H48N2/c1-63(2)57-43-49(66-59-35-19-15-31-53(59)64(45-23-7-3-8-24-45,46-25-9-4-10-26-46)54-32-16-20-36-60(54)66)39-41-51(57)52-42-40-50(44-58(52)63)67-61-37-21-17-33-55(61)65(47-27-11-5-12-28-47,48-29-13-6-14-30-48)56-34-18-22-38-62(56)67/h3-44H,1-2H3. The molecule has 0 radical (unpaired) electrons. The number of hydrogen-bond acceptors (Lipinski definition) is 2. The van der Waals surface area contributed by atoms with Crippen LogP contribution >= 0.6 is 0 Å². The van der Waals surface area contributed by atoms with E-state index in [2.05, 4.69) is 278 Å². The zero-order chi connectivity index (χ0) is 44.7. The molecule has 2 heteroatoms. The first-order valence-electron chi connectivity index (χ1n) is 23.5. The third kappa shape index (κ3) is 5.45. The Morgan fingerprint density at radius 3 is 0.791 bits per heavy atom. The highest BCUT2D eigenvalue weighted by Gasteiger charge is 2.48. The van der Waals surface area contributed by atoms with Crippen molar-refractivity contribution in [1.29, 1.82) is 0 Å². The number of hydrogen-bond donors (Lipinski definition) is 0. The van der Waals surface area contributed by atoms with Crippen LogP contribution in [0.4, 0.5) is 34.1 Å². The highest BCUT2D eigenvalue weighted by atomic mass is 15.2. The number of nitrogens with zero attached hydrogens (tertiary/aromatic N) is 2. The van der Waals surface area contributed by atoms with Gasteiger partial charge in [0.05, 0.1) is 33.6 Å². The molecule has 0 saturated heterocycles. The van der Waals surface area contributed by atoms with E-state index in [1.54, 1.807) is 0 Å². The van der Waals surface area contributed by atoms with Crippen LogP contribution in [0.1, 0.15) is 69.5 Å². The van der Waals surface area contributed by atoms with Crippen molar-refractivity contribution in [1.82, 2.24) is 0 Å². The Bertz CT molecular complexity index is 3090. The van der Waals surface area contributed by atoms with Gasteiger partial charge < -0.3 is 9.80 Å². The van der Waals surface area contributed by atoms with Crippen molar-refractivity contribution < 1.29 is 0 Å². The molecule has 318 valence electrons. The molecule has 10 aromatic carbocycles. The van der Waals surface area contributed by atoms with Gasteiger partial charge in [-0.2, -0.15) is 0 Å². The van der Waals surface area contributed by atoms with Crippen LogP contribution in [-0.4, -0.2) is 0 Å². The maximum absolute atomic E-state index is 2.51. The molecule has 10 aromatic rings. The molecule has 0 amide bonds. The maximum Gasteiger partial charge on any atom is 0.0742 e. The molecule has 0 spiro atoms. The zero-order valence-electron chi connectivity index (χ0n) is 37.6. The first kappa shape index (κ1) is 39.2. The van der Waals surface area contributed by atoms with E-state index in [9.17, 15) is 0 Å². The molecule has 0 unspecified atom stereocenters. The van der Waals surface area contributed by atoms with Gasteiger partial charge in [0.1, 0.15) is 0 Å². The lowest BCUT2D eigenvalue weighted by molar-refractivity contribution is 0.660. The average molecular weight is 857 g/mol. The Labute approximate surface area is 393 Å². The second kappa shape index (κ2) is 14.9. The van der Waals surface area contributed by atoms with Crippen LogP contribution in [0.2, 0.25) is 0 Å². The molecule has 2 nitrogen and oxygen atoms in total. The number of fused-ring (bicyclic) bond motifs is 7. The number of benzene rings is 10. The Morgan fingerprint density at radius 2 is 0.507 bits per heavy atom. The van der Waals surface area contributed by atoms with Crippen LogP contribution in [0.15, 0.2) is 255 Å².